The minimum absolute atomic E-state index is 0.324. The van der Waals surface area contributed by atoms with Crippen LogP contribution in [-0.2, 0) is 6.54 Å². The lowest BCUT2D eigenvalue weighted by Gasteiger charge is -2.22. The first-order valence-corrected chi connectivity index (χ1v) is 9.96. The Labute approximate surface area is 171 Å². The van der Waals surface area contributed by atoms with Crippen LogP contribution < -0.4 is 20.3 Å². The number of hydrogen-bond donors (Lipinski definition) is 3. The molecule has 0 radical (unpaired) electrons. The monoisotopic (exact) mass is 392 g/mol. The van der Waals surface area contributed by atoms with Gasteiger partial charge in [0.25, 0.3) is 0 Å². The maximum absolute atomic E-state index is 5.51. The van der Waals surface area contributed by atoms with Gasteiger partial charge in [0.05, 0.1) is 30.4 Å². The molecule has 3 N–H and O–H groups in total. The number of aliphatic imine (C=N–C) groups is 1. The van der Waals surface area contributed by atoms with Crippen molar-refractivity contribution in [3.05, 3.63) is 53.9 Å². The minimum Gasteiger partial charge on any atom is -0.495 e. The van der Waals surface area contributed by atoms with Crippen LogP contribution in [0.3, 0.4) is 0 Å². The van der Waals surface area contributed by atoms with Gasteiger partial charge in [0.1, 0.15) is 11.6 Å². The second-order valence-electron chi connectivity index (χ2n) is 7.38. The Morgan fingerprint density at radius 2 is 2.17 bits per heavy atom. The highest BCUT2D eigenvalue weighted by atomic mass is 16.5. The number of aromatic nitrogens is 2. The van der Waals surface area contributed by atoms with Crippen LogP contribution in [0.1, 0.15) is 17.8 Å². The predicted octanol–water partition coefficient (Wildman–Crippen LogP) is 2.82. The van der Waals surface area contributed by atoms with E-state index in [0.29, 0.717) is 12.6 Å². The van der Waals surface area contributed by atoms with Gasteiger partial charge in [0.15, 0.2) is 5.96 Å². The third kappa shape index (κ3) is 4.29. The van der Waals surface area contributed by atoms with E-state index in [1.54, 1.807) is 14.2 Å². The molecule has 2 aromatic carbocycles. The van der Waals surface area contributed by atoms with Gasteiger partial charge in [-0.3, -0.25) is 4.99 Å². The zero-order valence-corrected chi connectivity index (χ0v) is 17.2. The number of H-pyrrole nitrogens is 1. The molecule has 0 saturated carbocycles. The average Bonchev–Trinajstić information content (AvgIpc) is 3.37. The number of imidazole rings is 1. The van der Waals surface area contributed by atoms with Gasteiger partial charge in [-0.1, -0.05) is 18.2 Å². The van der Waals surface area contributed by atoms with Gasteiger partial charge in [0.2, 0.25) is 0 Å². The lowest BCUT2D eigenvalue weighted by atomic mass is 10.2. The summed E-state index contributed by atoms with van der Waals surface area (Å²) in [7, 11) is 3.51. The van der Waals surface area contributed by atoms with E-state index in [-0.39, 0.29) is 0 Å². The number of anilines is 1. The highest BCUT2D eigenvalue weighted by Crippen LogP contribution is 2.30. The molecule has 1 saturated heterocycles. The van der Waals surface area contributed by atoms with Crippen molar-refractivity contribution in [2.75, 3.05) is 32.1 Å². The number of guanidine groups is 1. The van der Waals surface area contributed by atoms with Crippen molar-refractivity contribution in [2.45, 2.75) is 25.9 Å². The van der Waals surface area contributed by atoms with Crippen LogP contribution in [0.2, 0.25) is 0 Å². The molecule has 4 rings (SSSR count). The molecule has 1 fully saturated rings. The van der Waals surface area contributed by atoms with Crippen molar-refractivity contribution < 1.29 is 4.74 Å². The molecule has 3 aromatic rings. The third-order valence-corrected chi connectivity index (χ3v) is 5.29. The number of fused-ring (bicyclic) bond motifs is 1. The van der Waals surface area contributed by atoms with Crippen LogP contribution in [0.5, 0.6) is 5.75 Å². The average molecular weight is 393 g/mol. The zero-order chi connectivity index (χ0) is 20.2. The van der Waals surface area contributed by atoms with Crippen LogP contribution in [0.25, 0.3) is 11.0 Å². The smallest absolute Gasteiger partial charge is 0.191 e. The van der Waals surface area contributed by atoms with Gasteiger partial charge < -0.3 is 25.3 Å². The molecular formula is C22H28N6O. The fourth-order valence-electron chi connectivity index (χ4n) is 3.80. The first-order chi connectivity index (χ1) is 14.2. The van der Waals surface area contributed by atoms with Gasteiger partial charge in [0, 0.05) is 26.2 Å². The van der Waals surface area contributed by atoms with Gasteiger partial charge in [-0.2, -0.15) is 0 Å². The molecule has 0 spiro atoms. The van der Waals surface area contributed by atoms with Crippen LogP contribution in [0.15, 0.2) is 47.5 Å². The van der Waals surface area contributed by atoms with E-state index in [4.69, 9.17) is 4.74 Å². The van der Waals surface area contributed by atoms with E-state index in [1.165, 1.54) is 5.56 Å². The molecule has 2 heterocycles. The number of aromatic amines is 1. The number of methoxy groups -OCH3 is 1. The summed E-state index contributed by atoms with van der Waals surface area (Å²) in [5.41, 5.74) is 4.41. The summed E-state index contributed by atoms with van der Waals surface area (Å²) in [4.78, 5) is 14.7. The third-order valence-electron chi connectivity index (χ3n) is 5.29. The maximum Gasteiger partial charge on any atom is 0.191 e. The quantitative estimate of drug-likeness (QED) is 0.460. The predicted molar refractivity (Wildman–Crippen MR) is 118 cm³/mol. The summed E-state index contributed by atoms with van der Waals surface area (Å²) < 4.78 is 5.51. The van der Waals surface area contributed by atoms with E-state index in [0.717, 1.165) is 53.8 Å². The minimum atomic E-state index is 0.324. The Morgan fingerprint density at radius 1 is 1.31 bits per heavy atom. The molecule has 0 aliphatic carbocycles. The number of benzene rings is 2. The largest absolute Gasteiger partial charge is 0.495 e. The highest BCUT2D eigenvalue weighted by molar-refractivity contribution is 5.80. The SMILES string of the molecule is CN=C(NCc1nc2ccc(C)cc2[nH]1)NC1CCN(c2ccccc2OC)C1. The lowest BCUT2D eigenvalue weighted by Crippen LogP contribution is -2.44. The summed E-state index contributed by atoms with van der Waals surface area (Å²) in [6.45, 7) is 4.57. The van der Waals surface area contributed by atoms with E-state index >= 15 is 0 Å². The Bertz CT molecular complexity index is 1010. The lowest BCUT2D eigenvalue weighted by molar-refractivity contribution is 0.415. The highest BCUT2D eigenvalue weighted by Gasteiger charge is 2.25. The van der Waals surface area contributed by atoms with Gasteiger partial charge in [-0.25, -0.2) is 4.98 Å². The molecule has 1 aliphatic rings. The number of para-hydroxylation sites is 2. The first-order valence-electron chi connectivity index (χ1n) is 9.96. The Hall–Kier alpha value is -3.22. The Kier molecular flexibility index (Phi) is 5.55. The van der Waals surface area contributed by atoms with E-state index < -0.39 is 0 Å². The van der Waals surface area contributed by atoms with Gasteiger partial charge in [-0.15, -0.1) is 0 Å². The van der Waals surface area contributed by atoms with E-state index in [2.05, 4.69) is 55.6 Å². The number of ether oxygens (including phenoxy) is 1. The molecule has 1 aliphatic heterocycles. The van der Waals surface area contributed by atoms with Crippen LogP contribution >= 0.6 is 0 Å². The molecule has 1 atom stereocenters. The zero-order valence-electron chi connectivity index (χ0n) is 17.2. The number of nitrogens with one attached hydrogen (secondary N) is 3. The van der Waals surface area contributed by atoms with Crippen molar-refractivity contribution in [1.82, 2.24) is 20.6 Å². The van der Waals surface area contributed by atoms with Crippen molar-refractivity contribution >= 4 is 22.7 Å². The summed E-state index contributed by atoms with van der Waals surface area (Å²) in [6.07, 6.45) is 1.04. The number of nitrogens with zero attached hydrogens (tertiary/aromatic N) is 3. The van der Waals surface area contributed by atoms with Crippen molar-refractivity contribution in [2.24, 2.45) is 4.99 Å². The van der Waals surface area contributed by atoms with Crippen molar-refractivity contribution in [1.29, 1.82) is 0 Å². The maximum atomic E-state index is 5.51. The normalized spacial score (nSPS) is 17.0. The van der Waals surface area contributed by atoms with Crippen molar-refractivity contribution in [3.63, 3.8) is 0 Å². The molecular weight excluding hydrogens is 364 g/mol. The Balaban J connectivity index is 1.34. The molecule has 7 nitrogen and oxygen atoms in total. The fraction of sp³-hybridized carbons (Fsp3) is 0.364. The summed E-state index contributed by atoms with van der Waals surface area (Å²) in [5, 5.41) is 6.90. The molecule has 1 unspecified atom stereocenters. The second-order valence-corrected chi connectivity index (χ2v) is 7.38. The molecule has 7 heteroatoms. The summed E-state index contributed by atoms with van der Waals surface area (Å²) >= 11 is 0. The molecule has 0 amide bonds. The van der Waals surface area contributed by atoms with E-state index in [9.17, 15) is 0 Å². The molecule has 152 valence electrons. The summed E-state index contributed by atoms with van der Waals surface area (Å²) in [5.74, 6) is 2.60. The van der Waals surface area contributed by atoms with Crippen LogP contribution in [-0.4, -0.2) is 49.2 Å². The first kappa shape index (κ1) is 19.1. The standard InChI is InChI=1S/C22H28N6O/c1-15-8-9-17-18(12-15)27-21(26-17)13-24-22(23-2)25-16-10-11-28(14-16)19-6-4-5-7-20(19)29-3/h4-9,12,16H,10-11,13-14H2,1-3H3,(H,26,27)(H2,23,24,25). The second kappa shape index (κ2) is 8.43. The Morgan fingerprint density at radius 3 is 3.00 bits per heavy atom. The van der Waals surface area contributed by atoms with Gasteiger partial charge >= 0.3 is 0 Å². The molecule has 29 heavy (non-hydrogen) atoms. The van der Waals surface area contributed by atoms with E-state index in [1.807, 2.05) is 24.3 Å². The number of rotatable bonds is 5. The summed E-state index contributed by atoms with van der Waals surface area (Å²) in [6, 6.07) is 14.7. The van der Waals surface area contributed by atoms with Crippen LogP contribution in [0.4, 0.5) is 5.69 Å². The van der Waals surface area contributed by atoms with Crippen molar-refractivity contribution in [3.8, 4) is 5.75 Å². The number of aryl methyl sites for hydroxylation is 1. The molecule has 1 aromatic heterocycles. The fourth-order valence-corrected chi connectivity index (χ4v) is 3.80. The number of hydrogen-bond acceptors (Lipinski definition) is 4. The topological polar surface area (TPSA) is 77.6 Å². The van der Waals surface area contributed by atoms with Crippen LogP contribution in [0, 0.1) is 6.92 Å². The van der Waals surface area contributed by atoms with Gasteiger partial charge in [-0.05, 0) is 43.2 Å². The molecule has 0 bridgehead atoms.